The zero-order chi connectivity index (χ0) is 18.3. The van der Waals surface area contributed by atoms with Crippen LogP contribution in [0.5, 0.6) is 0 Å². The summed E-state index contributed by atoms with van der Waals surface area (Å²) >= 11 is 0. The fraction of sp³-hybridized carbons (Fsp3) is 0.636. The highest BCUT2D eigenvalue weighted by Crippen LogP contribution is 2.48. The Hall–Kier alpha value is -1.72. The van der Waals surface area contributed by atoms with Crippen molar-refractivity contribution in [3.05, 3.63) is 47.6 Å². The van der Waals surface area contributed by atoms with Gasteiger partial charge in [0.15, 0.2) is 5.82 Å². The zero-order valence-electron chi connectivity index (χ0n) is 15.9. The molecule has 3 saturated carbocycles. The maximum atomic E-state index is 5.81. The van der Waals surface area contributed by atoms with Crippen LogP contribution in [0.2, 0.25) is 0 Å². The molecule has 5 rings (SSSR count). The van der Waals surface area contributed by atoms with E-state index >= 15 is 0 Å². The molecule has 0 spiro atoms. The molecule has 3 N–H and O–H groups in total. The molecule has 0 unspecified atom stereocenters. The van der Waals surface area contributed by atoms with Crippen molar-refractivity contribution in [1.82, 2.24) is 15.5 Å². The predicted octanol–water partition coefficient (Wildman–Crippen LogP) is 3.48. The monoisotopic (exact) mass is 366 g/mol. The normalized spacial score (nSPS) is 31.6. The minimum atomic E-state index is 0.111. The number of nitrogens with one attached hydrogen (secondary N) is 1. The molecule has 144 valence electrons. The van der Waals surface area contributed by atoms with Crippen molar-refractivity contribution in [2.24, 2.45) is 11.7 Å². The molecule has 3 fully saturated rings. The number of nitrogens with zero attached hydrogens (tertiary/aromatic N) is 2. The van der Waals surface area contributed by atoms with E-state index in [9.17, 15) is 0 Å². The summed E-state index contributed by atoms with van der Waals surface area (Å²) in [6.45, 7) is 1.78. The lowest BCUT2D eigenvalue weighted by Gasteiger charge is -2.25. The Kier molecular flexibility index (Phi) is 4.52. The Balaban J connectivity index is 1.17. The number of nitrogens with two attached hydrogens (primary N) is 1. The van der Waals surface area contributed by atoms with Crippen LogP contribution in [0.3, 0.4) is 0 Å². The summed E-state index contributed by atoms with van der Waals surface area (Å²) in [5.74, 6) is 3.58. The van der Waals surface area contributed by atoms with E-state index in [0.29, 0.717) is 23.8 Å². The van der Waals surface area contributed by atoms with Gasteiger partial charge in [0.2, 0.25) is 5.89 Å². The predicted molar refractivity (Wildman–Crippen MR) is 105 cm³/mol. The van der Waals surface area contributed by atoms with Gasteiger partial charge in [-0.1, -0.05) is 35.5 Å². The van der Waals surface area contributed by atoms with Gasteiger partial charge >= 0.3 is 0 Å². The van der Waals surface area contributed by atoms with Crippen molar-refractivity contribution >= 4 is 0 Å². The summed E-state index contributed by atoms with van der Waals surface area (Å²) in [6.07, 6.45) is 8.22. The molecule has 0 bridgehead atoms. The molecular weight excluding hydrogens is 336 g/mol. The first kappa shape index (κ1) is 17.4. The average Bonchev–Trinajstić information content (AvgIpc) is 3.64. The van der Waals surface area contributed by atoms with E-state index in [0.717, 1.165) is 37.6 Å². The second-order valence-electron chi connectivity index (χ2n) is 8.93. The number of aromatic nitrogens is 2. The molecule has 0 aliphatic heterocycles. The van der Waals surface area contributed by atoms with Crippen LogP contribution in [0.1, 0.15) is 74.1 Å². The summed E-state index contributed by atoms with van der Waals surface area (Å²) in [7, 11) is 0. The largest absolute Gasteiger partial charge is 0.339 e. The van der Waals surface area contributed by atoms with Crippen molar-refractivity contribution in [3.63, 3.8) is 0 Å². The van der Waals surface area contributed by atoms with Crippen LogP contribution >= 0.6 is 0 Å². The van der Waals surface area contributed by atoms with Gasteiger partial charge in [0.25, 0.3) is 0 Å². The smallest absolute Gasteiger partial charge is 0.229 e. The van der Waals surface area contributed by atoms with E-state index in [2.05, 4.69) is 40.8 Å². The van der Waals surface area contributed by atoms with Crippen LogP contribution in [0.25, 0.3) is 0 Å². The van der Waals surface area contributed by atoms with Crippen LogP contribution in [0, 0.1) is 5.92 Å². The van der Waals surface area contributed by atoms with Crippen LogP contribution in [0.4, 0.5) is 0 Å². The van der Waals surface area contributed by atoms with E-state index in [1.807, 2.05) is 0 Å². The highest BCUT2D eigenvalue weighted by atomic mass is 16.5. The second kappa shape index (κ2) is 7.02. The molecule has 0 radical (unpaired) electrons. The molecule has 5 nitrogen and oxygen atoms in total. The maximum Gasteiger partial charge on any atom is 0.229 e. The second-order valence-corrected chi connectivity index (χ2v) is 8.93. The minimum Gasteiger partial charge on any atom is -0.339 e. The molecule has 3 aliphatic rings. The molecule has 1 aromatic carbocycles. The van der Waals surface area contributed by atoms with Crippen molar-refractivity contribution in [2.45, 2.75) is 68.2 Å². The summed E-state index contributed by atoms with van der Waals surface area (Å²) in [5, 5.41) is 8.16. The van der Waals surface area contributed by atoms with Crippen LogP contribution in [0.15, 0.2) is 34.9 Å². The topological polar surface area (TPSA) is 77.0 Å². The minimum absolute atomic E-state index is 0.111. The van der Waals surface area contributed by atoms with Crippen molar-refractivity contribution in [1.29, 1.82) is 0 Å². The Morgan fingerprint density at radius 2 is 1.89 bits per heavy atom. The van der Waals surface area contributed by atoms with E-state index in [4.69, 9.17) is 15.2 Å². The van der Waals surface area contributed by atoms with Crippen molar-refractivity contribution < 1.29 is 4.52 Å². The Labute approximate surface area is 161 Å². The fourth-order valence-electron chi connectivity index (χ4n) is 4.71. The van der Waals surface area contributed by atoms with Crippen molar-refractivity contribution in [3.8, 4) is 0 Å². The zero-order valence-corrected chi connectivity index (χ0v) is 15.9. The van der Waals surface area contributed by atoms with Gasteiger partial charge in [-0.05, 0) is 63.0 Å². The lowest BCUT2D eigenvalue weighted by Crippen LogP contribution is -2.30. The molecule has 0 saturated heterocycles. The quantitative estimate of drug-likeness (QED) is 0.784. The van der Waals surface area contributed by atoms with Crippen LogP contribution in [-0.4, -0.2) is 29.3 Å². The Morgan fingerprint density at radius 1 is 1.11 bits per heavy atom. The molecule has 1 heterocycles. The third-order valence-electron chi connectivity index (χ3n) is 7.02. The van der Waals surface area contributed by atoms with E-state index in [1.165, 1.54) is 37.7 Å². The Bertz CT molecular complexity index is 762. The summed E-state index contributed by atoms with van der Waals surface area (Å²) in [6, 6.07) is 11.4. The highest BCUT2D eigenvalue weighted by Gasteiger charge is 2.50. The van der Waals surface area contributed by atoms with Crippen LogP contribution < -0.4 is 11.1 Å². The van der Waals surface area contributed by atoms with Gasteiger partial charge in [0.1, 0.15) is 0 Å². The van der Waals surface area contributed by atoms with Gasteiger partial charge in [-0.3, -0.25) is 0 Å². The fourth-order valence-corrected chi connectivity index (χ4v) is 4.71. The lowest BCUT2D eigenvalue weighted by atomic mass is 9.82. The van der Waals surface area contributed by atoms with Crippen LogP contribution in [-0.2, 0) is 5.41 Å². The number of hydrogen-bond acceptors (Lipinski definition) is 5. The summed E-state index contributed by atoms with van der Waals surface area (Å²) in [5.41, 5.74) is 7.37. The molecule has 2 aromatic rings. The maximum absolute atomic E-state index is 5.81. The van der Waals surface area contributed by atoms with Crippen molar-refractivity contribution in [2.75, 3.05) is 13.1 Å². The van der Waals surface area contributed by atoms with Gasteiger partial charge in [0, 0.05) is 29.8 Å². The highest BCUT2D eigenvalue weighted by molar-refractivity contribution is 5.28. The van der Waals surface area contributed by atoms with Gasteiger partial charge < -0.3 is 15.6 Å². The summed E-state index contributed by atoms with van der Waals surface area (Å²) in [4.78, 5) is 4.85. The molecule has 27 heavy (non-hydrogen) atoms. The molecule has 0 amide bonds. The summed E-state index contributed by atoms with van der Waals surface area (Å²) < 4.78 is 5.69. The SMILES string of the molecule is NC[C@H]1CC[C@H](c2nc(C3(CN[C@@H]4C[C@H]4c4ccccc4)CC3)no2)CC1. The lowest BCUT2D eigenvalue weighted by molar-refractivity contribution is 0.273. The van der Waals surface area contributed by atoms with E-state index in [-0.39, 0.29) is 5.41 Å². The number of benzene rings is 1. The first-order valence-electron chi connectivity index (χ1n) is 10.6. The van der Waals surface area contributed by atoms with E-state index in [1.54, 1.807) is 0 Å². The van der Waals surface area contributed by atoms with Gasteiger partial charge in [-0.15, -0.1) is 0 Å². The molecule has 1 aromatic heterocycles. The van der Waals surface area contributed by atoms with E-state index < -0.39 is 0 Å². The molecular formula is C22H30N4O. The van der Waals surface area contributed by atoms with Gasteiger partial charge in [-0.2, -0.15) is 4.98 Å². The van der Waals surface area contributed by atoms with Gasteiger partial charge in [0.05, 0.1) is 0 Å². The third-order valence-corrected chi connectivity index (χ3v) is 7.02. The van der Waals surface area contributed by atoms with Gasteiger partial charge in [-0.25, -0.2) is 0 Å². The molecule has 2 atom stereocenters. The Morgan fingerprint density at radius 3 is 2.59 bits per heavy atom. The molecule has 5 heteroatoms. The first-order chi connectivity index (χ1) is 13.3. The average molecular weight is 367 g/mol. The number of rotatable bonds is 7. The number of hydrogen-bond donors (Lipinski definition) is 2. The first-order valence-corrected chi connectivity index (χ1v) is 10.6. The molecule has 3 aliphatic carbocycles. The standard InChI is InChI=1S/C22H30N4O/c23-13-15-6-8-17(9-7-15)20-25-21(26-27-20)22(10-11-22)14-24-19-12-18(19)16-4-2-1-3-5-16/h1-5,15,17-19,24H,6-14,23H2/t15-,17-,18-,19+/m0/s1. The third kappa shape index (κ3) is 3.55.